The smallest absolute Gasteiger partial charge is 0.229 e. The fourth-order valence-corrected chi connectivity index (χ4v) is 2.66. The van der Waals surface area contributed by atoms with Crippen LogP contribution in [0.15, 0.2) is 30.5 Å². The number of hydrogen-bond acceptors (Lipinski definition) is 3. The van der Waals surface area contributed by atoms with Gasteiger partial charge in [0.25, 0.3) is 0 Å². The highest BCUT2D eigenvalue weighted by Crippen LogP contribution is 2.17. The highest BCUT2D eigenvalue weighted by Gasteiger charge is 2.18. The number of hydrogen-bond donors (Lipinski definition) is 1. The SMILES string of the molecule is CCN(C)CC(C)C(=O)Nc1c(C)cnn1Cc1cccc(C)c1. The van der Waals surface area contributed by atoms with Gasteiger partial charge in [0, 0.05) is 18.0 Å². The molecule has 0 aliphatic rings. The maximum Gasteiger partial charge on any atom is 0.229 e. The van der Waals surface area contributed by atoms with Crippen LogP contribution in [0.25, 0.3) is 0 Å². The van der Waals surface area contributed by atoms with Gasteiger partial charge >= 0.3 is 0 Å². The maximum atomic E-state index is 12.5. The van der Waals surface area contributed by atoms with Gasteiger partial charge in [-0.2, -0.15) is 5.10 Å². The van der Waals surface area contributed by atoms with Crippen molar-refractivity contribution in [3.63, 3.8) is 0 Å². The van der Waals surface area contributed by atoms with Crippen LogP contribution in [0.4, 0.5) is 5.82 Å². The van der Waals surface area contributed by atoms with Crippen LogP contribution in [0, 0.1) is 19.8 Å². The Kier molecular flexibility index (Phi) is 6.15. The minimum atomic E-state index is -0.0725. The molecule has 1 atom stereocenters. The second kappa shape index (κ2) is 8.11. The van der Waals surface area contributed by atoms with Gasteiger partial charge in [-0.1, -0.05) is 43.7 Å². The summed E-state index contributed by atoms with van der Waals surface area (Å²) in [5, 5.41) is 7.48. The average Bonchev–Trinajstić information content (AvgIpc) is 2.87. The van der Waals surface area contributed by atoms with Crippen LogP contribution in [0.3, 0.4) is 0 Å². The van der Waals surface area contributed by atoms with Gasteiger partial charge < -0.3 is 10.2 Å². The van der Waals surface area contributed by atoms with E-state index >= 15 is 0 Å². The zero-order chi connectivity index (χ0) is 17.7. The van der Waals surface area contributed by atoms with Crippen LogP contribution in [0.2, 0.25) is 0 Å². The van der Waals surface area contributed by atoms with Gasteiger partial charge in [0.15, 0.2) is 0 Å². The quantitative estimate of drug-likeness (QED) is 0.850. The van der Waals surface area contributed by atoms with Crippen molar-refractivity contribution in [3.05, 3.63) is 47.2 Å². The molecule has 5 heteroatoms. The number of anilines is 1. The molecule has 1 aromatic heterocycles. The molecule has 0 saturated heterocycles. The maximum absolute atomic E-state index is 12.5. The molecule has 0 spiro atoms. The summed E-state index contributed by atoms with van der Waals surface area (Å²) in [7, 11) is 2.02. The topological polar surface area (TPSA) is 50.2 Å². The van der Waals surface area contributed by atoms with E-state index < -0.39 is 0 Å². The molecule has 2 rings (SSSR count). The van der Waals surface area contributed by atoms with Crippen molar-refractivity contribution < 1.29 is 4.79 Å². The molecule has 0 aliphatic heterocycles. The van der Waals surface area contributed by atoms with Crippen LogP contribution in [-0.4, -0.2) is 40.7 Å². The highest BCUT2D eigenvalue weighted by molar-refractivity contribution is 5.92. The van der Waals surface area contributed by atoms with Crippen LogP contribution < -0.4 is 5.32 Å². The number of benzene rings is 1. The lowest BCUT2D eigenvalue weighted by molar-refractivity contribution is -0.119. The van der Waals surface area contributed by atoms with Gasteiger partial charge in [0.05, 0.1) is 12.7 Å². The third-order valence-electron chi connectivity index (χ3n) is 4.25. The number of nitrogens with one attached hydrogen (secondary N) is 1. The van der Waals surface area contributed by atoms with Crippen molar-refractivity contribution in [3.8, 4) is 0 Å². The summed E-state index contributed by atoms with van der Waals surface area (Å²) in [6.07, 6.45) is 1.80. The van der Waals surface area contributed by atoms with Crippen molar-refractivity contribution in [1.29, 1.82) is 0 Å². The van der Waals surface area contributed by atoms with Crippen molar-refractivity contribution in [2.24, 2.45) is 5.92 Å². The standard InChI is InChI=1S/C19H28N4O/c1-6-22(5)12-16(4)19(24)21-18-15(3)11-20-23(18)13-17-9-7-8-14(2)10-17/h7-11,16H,6,12-13H2,1-5H3,(H,21,24). The summed E-state index contributed by atoms with van der Waals surface area (Å²) >= 11 is 0. The number of amides is 1. The lowest BCUT2D eigenvalue weighted by Gasteiger charge is -2.19. The van der Waals surface area contributed by atoms with Crippen molar-refractivity contribution in [2.75, 3.05) is 25.5 Å². The zero-order valence-corrected chi connectivity index (χ0v) is 15.3. The zero-order valence-electron chi connectivity index (χ0n) is 15.3. The van der Waals surface area contributed by atoms with E-state index in [1.165, 1.54) is 11.1 Å². The molecule has 130 valence electrons. The monoisotopic (exact) mass is 328 g/mol. The third-order valence-corrected chi connectivity index (χ3v) is 4.25. The predicted octanol–water partition coefficient (Wildman–Crippen LogP) is 3.07. The summed E-state index contributed by atoms with van der Waals surface area (Å²) in [6, 6.07) is 8.34. The van der Waals surface area contributed by atoms with Gasteiger partial charge in [0.2, 0.25) is 5.91 Å². The predicted molar refractivity (Wildman–Crippen MR) is 98.2 cm³/mol. The first-order valence-electron chi connectivity index (χ1n) is 8.48. The van der Waals surface area contributed by atoms with Gasteiger partial charge in [-0.3, -0.25) is 4.79 Å². The van der Waals surface area contributed by atoms with E-state index in [1.54, 1.807) is 6.20 Å². The minimum absolute atomic E-state index is 0.0318. The number of aryl methyl sites for hydroxylation is 2. The van der Waals surface area contributed by atoms with Crippen LogP contribution in [0.5, 0.6) is 0 Å². The van der Waals surface area contributed by atoms with E-state index in [9.17, 15) is 4.79 Å². The van der Waals surface area contributed by atoms with E-state index in [2.05, 4.69) is 47.4 Å². The number of carbonyl (C=O) groups is 1. The minimum Gasteiger partial charge on any atom is -0.310 e. The van der Waals surface area contributed by atoms with E-state index in [1.807, 2.05) is 31.6 Å². The van der Waals surface area contributed by atoms with Crippen molar-refractivity contribution in [2.45, 2.75) is 34.2 Å². The fraction of sp³-hybridized carbons (Fsp3) is 0.474. The molecule has 0 saturated carbocycles. The average molecular weight is 328 g/mol. The van der Waals surface area contributed by atoms with E-state index in [4.69, 9.17) is 0 Å². The molecule has 1 heterocycles. The highest BCUT2D eigenvalue weighted by atomic mass is 16.2. The Balaban J connectivity index is 2.10. The normalized spacial score (nSPS) is 12.4. The van der Waals surface area contributed by atoms with Gasteiger partial charge in [-0.05, 0) is 33.0 Å². The lowest BCUT2D eigenvalue weighted by atomic mass is 10.1. The van der Waals surface area contributed by atoms with Gasteiger partial charge in [0.1, 0.15) is 5.82 Å². The molecular weight excluding hydrogens is 300 g/mol. The number of rotatable bonds is 7. The molecule has 0 aliphatic carbocycles. The van der Waals surface area contributed by atoms with Crippen LogP contribution in [0.1, 0.15) is 30.5 Å². The van der Waals surface area contributed by atoms with Gasteiger partial charge in [-0.25, -0.2) is 4.68 Å². The Morgan fingerprint density at radius 1 is 1.38 bits per heavy atom. The summed E-state index contributed by atoms with van der Waals surface area (Å²) in [5.41, 5.74) is 3.37. The summed E-state index contributed by atoms with van der Waals surface area (Å²) in [5.74, 6) is 0.744. The van der Waals surface area contributed by atoms with E-state index in [-0.39, 0.29) is 11.8 Å². The number of aromatic nitrogens is 2. The number of carbonyl (C=O) groups excluding carboxylic acids is 1. The first-order chi connectivity index (χ1) is 11.4. The Labute approximate surface area is 144 Å². The number of nitrogens with zero attached hydrogens (tertiary/aromatic N) is 3. The molecule has 0 radical (unpaired) electrons. The van der Waals surface area contributed by atoms with Crippen molar-refractivity contribution in [1.82, 2.24) is 14.7 Å². The molecule has 1 N–H and O–H groups in total. The van der Waals surface area contributed by atoms with E-state index in [0.717, 1.165) is 24.5 Å². The van der Waals surface area contributed by atoms with Crippen molar-refractivity contribution >= 4 is 11.7 Å². The Morgan fingerprint density at radius 3 is 2.79 bits per heavy atom. The molecule has 24 heavy (non-hydrogen) atoms. The van der Waals surface area contributed by atoms with Gasteiger partial charge in [-0.15, -0.1) is 0 Å². The molecule has 0 bridgehead atoms. The van der Waals surface area contributed by atoms with E-state index in [0.29, 0.717) is 6.54 Å². The molecule has 2 aromatic rings. The largest absolute Gasteiger partial charge is 0.310 e. The summed E-state index contributed by atoms with van der Waals surface area (Å²) in [6.45, 7) is 10.4. The molecule has 1 aromatic carbocycles. The molecule has 5 nitrogen and oxygen atoms in total. The first-order valence-corrected chi connectivity index (χ1v) is 8.48. The van der Waals surface area contributed by atoms with Crippen LogP contribution >= 0.6 is 0 Å². The Bertz CT molecular complexity index is 692. The summed E-state index contributed by atoms with van der Waals surface area (Å²) in [4.78, 5) is 14.6. The molecule has 1 amide bonds. The fourth-order valence-electron chi connectivity index (χ4n) is 2.66. The lowest BCUT2D eigenvalue weighted by Crippen LogP contribution is -2.32. The second-order valence-electron chi connectivity index (χ2n) is 6.57. The Morgan fingerprint density at radius 2 is 2.12 bits per heavy atom. The molecule has 0 fully saturated rings. The molecular formula is C19H28N4O. The Hall–Kier alpha value is -2.14. The first kappa shape index (κ1) is 18.2. The summed E-state index contributed by atoms with van der Waals surface area (Å²) < 4.78 is 1.86. The molecule has 1 unspecified atom stereocenters. The third kappa shape index (κ3) is 4.68. The van der Waals surface area contributed by atoms with Crippen LogP contribution in [-0.2, 0) is 11.3 Å². The second-order valence-corrected chi connectivity index (χ2v) is 6.57.